The van der Waals surface area contributed by atoms with Gasteiger partial charge in [-0.3, -0.25) is 10.1 Å². The third kappa shape index (κ3) is 3.74. The Morgan fingerprint density at radius 2 is 2.35 bits per heavy atom. The SMILES string of the molecule is [N-]=[N+]=NCCC#Cc1ccc(O)cc1[N+](=O)[O-]. The fraction of sp³-hybridized carbons (Fsp3) is 0.200. The molecule has 0 unspecified atom stereocenters. The van der Waals surface area contributed by atoms with E-state index >= 15 is 0 Å². The molecule has 0 saturated heterocycles. The molecule has 1 aromatic carbocycles. The van der Waals surface area contributed by atoms with Crippen LogP contribution >= 0.6 is 0 Å². The summed E-state index contributed by atoms with van der Waals surface area (Å²) in [5, 5.41) is 23.1. The fourth-order valence-corrected chi connectivity index (χ4v) is 1.09. The molecular weight excluding hydrogens is 224 g/mol. The second-order valence-electron chi connectivity index (χ2n) is 2.96. The van der Waals surface area contributed by atoms with Crippen LogP contribution in [0.4, 0.5) is 5.69 Å². The number of aromatic hydroxyl groups is 1. The normalized spacial score (nSPS) is 8.71. The molecule has 1 rings (SSSR count). The van der Waals surface area contributed by atoms with Gasteiger partial charge >= 0.3 is 0 Å². The number of azide groups is 1. The largest absolute Gasteiger partial charge is 0.508 e. The van der Waals surface area contributed by atoms with Crippen LogP contribution in [-0.4, -0.2) is 16.6 Å². The van der Waals surface area contributed by atoms with E-state index in [1.165, 1.54) is 12.1 Å². The van der Waals surface area contributed by atoms with Gasteiger partial charge in [-0.15, -0.1) is 0 Å². The Hall–Kier alpha value is -2.71. The molecule has 0 saturated carbocycles. The summed E-state index contributed by atoms with van der Waals surface area (Å²) >= 11 is 0. The Bertz CT molecular complexity index is 538. The first-order valence-corrected chi connectivity index (χ1v) is 4.62. The molecule has 0 fully saturated rings. The lowest BCUT2D eigenvalue weighted by Crippen LogP contribution is -1.91. The summed E-state index contributed by atoms with van der Waals surface area (Å²) in [5.41, 5.74) is 7.99. The summed E-state index contributed by atoms with van der Waals surface area (Å²) in [6.07, 6.45) is 0.322. The van der Waals surface area contributed by atoms with Crippen LogP contribution in [-0.2, 0) is 0 Å². The average molecular weight is 232 g/mol. The second-order valence-corrected chi connectivity index (χ2v) is 2.96. The lowest BCUT2D eigenvalue weighted by atomic mass is 10.1. The number of hydrogen-bond donors (Lipinski definition) is 1. The minimum Gasteiger partial charge on any atom is -0.508 e. The molecule has 0 radical (unpaired) electrons. The Balaban J connectivity index is 2.90. The molecular formula is C10H8N4O3. The van der Waals surface area contributed by atoms with E-state index in [0.29, 0.717) is 6.42 Å². The van der Waals surface area contributed by atoms with E-state index in [-0.39, 0.29) is 23.5 Å². The number of phenolic OH excluding ortho intramolecular Hbond substituents is 1. The van der Waals surface area contributed by atoms with Crippen LogP contribution in [0.2, 0.25) is 0 Å². The van der Waals surface area contributed by atoms with Crippen molar-refractivity contribution in [2.24, 2.45) is 5.11 Å². The molecule has 1 aromatic rings. The van der Waals surface area contributed by atoms with Crippen LogP contribution in [0.5, 0.6) is 5.75 Å². The third-order valence-corrected chi connectivity index (χ3v) is 1.80. The van der Waals surface area contributed by atoms with Crippen molar-refractivity contribution < 1.29 is 10.0 Å². The molecule has 7 nitrogen and oxygen atoms in total. The van der Waals surface area contributed by atoms with Crippen molar-refractivity contribution in [2.75, 3.05) is 6.54 Å². The number of phenols is 1. The van der Waals surface area contributed by atoms with Crippen LogP contribution < -0.4 is 0 Å². The summed E-state index contributed by atoms with van der Waals surface area (Å²) in [5.74, 6) is 5.06. The van der Waals surface area contributed by atoms with Crippen LogP contribution in [0, 0.1) is 22.0 Å². The predicted molar refractivity (Wildman–Crippen MR) is 60.3 cm³/mol. The summed E-state index contributed by atoms with van der Waals surface area (Å²) in [6, 6.07) is 3.73. The number of rotatable bonds is 3. The van der Waals surface area contributed by atoms with Crippen LogP contribution in [0.15, 0.2) is 23.3 Å². The smallest absolute Gasteiger partial charge is 0.288 e. The average Bonchev–Trinajstić information content (AvgIpc) is 2.30. The van der Waals surface area contributed by atoms with Gasteiger partial charge in [0.25, 0.3) is 5.69 Å². The lowest BCUT2D eigenvalue weighted by Gasteiger charge is -1.96. The zero-order valence-corrected chi connectivity index (χ0v) is 8.70. The summed E-state index contributed by atoms with van der Waals surface area (Å²) < 4.78 is 0. The molecule has 0 bridgehead atoms. The molecule has 0 spiro atoms. The minimum atomic E-state index is -0.614. The molecule has 1 N–H and O–H groups in total. The summed E-state index contributed by atoms with van der Waals surface area (Å²) in [6.45, 7) is 0.218. The van der Waals surface area contributed by atoms with E-state index in [2.05, 4.69) is 21.9 Å². The minimum absolute atomic E-state index is 0.184. The first-order chi connectivity index (χ1) is 8.15. The van der Waals surface area contributed by atoms with Gasteiger partial charge in [0.05, 0.1) is 11.0 Å². The third-order valence-electron chi connectivity index (χ3n) is 1.80. The van der Waals surface area contributed by atoms with Gasteiger partial charge in [0.15, 0.2) is 0 Å². The highest BCUT2D eigenvalue weighted by Gasteiger charge is 2.12. The second kappa shape index (κ2) is 6.00. The van der Waals surface area contributed by atoms with Crippen molar-refractivity contribution in [2.45, 2.75) is 6.42 Å². The highest BCUT2D eigenvalue weighted by atomic mass is 16.6. The van der Waals surface area contributed by atoms with E-state index in [9.17, 15) is 10.1 Å². The summed E-state index contributed by atoms with van der Waals surface area (Å²) in [4.78, 5) is 12.6. The number of nitro benzene ring substituents is 1. The molecule has 0 heterocycles. The van der Waals surface area contributed by atoms with Gasteiger partial charge in [0, 0.05) is 17.9 Å². The van der Waals surface area contributed by atoms with Gasteiger partial charge < -0.3 is 5.11 Å². The van der Waals surface area contributed by atoms with E-state index in [1.807, 2.05) is 0 Å². The van der Waals surface area contributed by atoms with Gasteiger partial charge in [-0.25, -0.2) is 0 Å². The topological polar surface area (TPSA) is 112 Å². The Kier molecular flexibility index (Phi) is 4.36. The zero-order valence-electron chi connectivity index (χ0n) is 8.70. The van der Waals surface area contributed by atoms with Gasteiger partial charge in [-0.1, -0.05) is 17.0 Å². The molecule has 0 aliphatic rings. The van der Waals surface area contributed by atoms with Gasteiger partial charge in [-0.05, 0) is 17.7 Å². The van der Waals surface area contributed by atoms with Crippen molar-refractivity contribution in [3.8, 4) is 17.6 Å². The first kappa shape index (κ1) is 12.4. The van der Waals surface area contributed by atoms with Crippen LogP contribution in [0.3, 0.4) is 0 Å². The molecule has 86 valence electrons. The van der Waals surface area contributed by atoms with Crippen LogP contribution in [0.25, 0.3) is 10.4 Å². The Labute approximate surface area is 96.5 Å². The highest BCUT2D eigenvalue weighted by molar-refractivity contribution is 5.54. The van der Waals surface area contributed by atoms with Gasteiger partial charge in [0.2, 0.25) is 0 Å². The maximum Gasteiger partial charge on any atom is 0.288 e. The molecule has 0 amide bonds. The maximum atomic E-state index is 10.7. The van der Waals surface area contributed by atoms with E-state index < -0.39 is 4.92 Å². The monoisotopic (exact) mass is 232 g/mol. The lowest BCUT2D eigenvalue weighted by molar-refractivity contribution is -0.385. The zero-order chi connectivity index (χ0) is 12.7. The quantitative estimate of drug-likeness (QED) is 0.164. The Morgan fingerprint density at radius 3 is 3.00 bits per heavy atom. The molecule has 17 heavy (non-hydrogen) atoms. The fourth-order valence-electron chi connectivity index (χ4n) is 1.09. The number of benzene rings is 1. The molecule has 0 atom stereocenters. The van der Waals surface area contributed by atoms with Gasteiger partial charge in [-0.2, -0.15) is 0 Å². The molecule has 7 heteroatoms. The van der Waals surface area contributed by atoms with Gasteiger partial charge in [0.1, 0.15) is 11.3 Å². The number of hydrogen-bond acceptors (Lipinski definition) is 4. The summed E-state index contributed by atoms with van der Waals surface area (Å²) in [7, 11) is 0. The highest BCUT2D eigenvalue weighted by Crippen LogP contribution is 2.22. The van der Waals surface area contributed by atoms with Crippen molar-refractivity contribution in [3.63, 3.8) is 0 Å². The van der Waals surface area contributed by atoms with E-state index in [1.54, 1.807) is 0 Å². The standard InChI is InChI=1S/C10H8N4O3/c11-13-12-6-2-1-3-8-4-5-9(15)7-10(8)14(16)17/h4-5,7,15H,2,6H2. The first-order valence-electron chi connectivity index (χ1n) is 4.62. The van der Waals surface area contributed by atoms with E-state index in [4.69, 9.17) is 10.6 Å². The van der Waals surface area contributed by atoms with Crippen molar-refractivity contribution >= 4 is 5.69 Å². The van der Waals surface area contributed by atoms with Crippen molar-refractivity contribution in [1.82, 2.24) is 0 Å². The van der Waals surface area contributed by atoms with E-state index in [0.717, 1.165) is 6.07 Å². The van der Waals surface area contributed by atoms with Crippen molar-refractivity contribution in [3.05, 3.63) is 44.3 Å². The molecule has 0 aliphatic carbocycles. The van der Waals surface area contributed by atoms with Crippen LogP contribution in [0.1, 0.15) is 12.0 Å². The predicted octanol–water partition coefficient (Wildman–Crippen LogP) is 2.35. The number of nitrogens with zero attached hydrogens (tertiary/aromatic N) is 4. The van der Waals surface area contributed by atoms with Crippen molar-refractivity contribution in [1.29, 1.82) is 0 Å². The number of nitro groups is 1. The maximum absolute atomic E-state index is 10.7. The Morgan fingerprint density at radius 1 is 1.59 bits per heavy atom. The molecule has 0 aromatic heterocycles. The molecule has 0 aliphatic heterocycles.